The number of nitrogens with zero attached hydrogens (tertiary/aromatic N) is 4. The van der Waals surface area contributed by atoms with Crippen molar-refractivity contribution in [3.8, 4) is 5.75 Å². The number of halogens is 2. The first kappa shape index (κ1) is 25.1. The van der Waals surface area contributed by atoms with Crippen LogP contribution >= 0.6 is 0 Å². The third kappa shape index (κ3) is 5.98. The molecule has 3 atom stereocenters. The summed E-state index contributed by atoms with van der Waals surface area (Å²) >= 11 is 0. The van der Waals surface area contributed by atoms with Crippen molar-refractivity contribution in [3.05, 3.63) is 47.8 Å². The van der Waals surface area contributed by atoms with E-state index in [4.69, 9.17) is 15.2 Å². The lowest BCUT2D eigenvalue weighted by Crippen LogP contribution is -2.42. The van der Waals surface area contributed by atoms with Gasteiger partial charge in [-0.3, -0.25) is 0 Å². The summed E-state index contributed by atoms with van der Waals surface area (Å²) in [6, 6.07) is 3.08. The van der Waals surface area contributed by atoms with Gasteiger partial charge in [0.25, 0.3) is 0 Å². The number of carbonyl (C=O) groups excluding carboxylic acids is 1. The molecule has 10 heteroatoms. The average molecular weight is 490 g/mol. The first-order chi connectivity index (χ1) is 16.9. The summed E-state index contributed by atoms with van der Waals surface area (Å²) in [7, 11) is 0. The van der Waals surface area contributed by atoms with Gasteiger partial charge in [0.05, 0.1) is 25.1 Å². The zero-order valence-corrected chi connectivity index (χ0v) is 20.2. The SMILES string of the molecule is CCCOC(=O)N1CCC(C(C)Oc2cnc(N3CC(N)C(c4cc(F)ccc4F)C3)nc2)CC1. The van der Waals surface area contributed by atoms with Crippen molar-refractivity contribution in [2.45, 2.75) is 51.2 Å². The number of ether oxygens (including phenoxy) is 2. The minimum Gasteiger partial charge on any atom is -0.487 e. The molecule has 1 aromatic carbocycles. The molecule has 3 heterocycles. The van der Waals surface area contributed by atoms with E-state index in [1.807, 2.05) is 18.7 Å². The van der Waals surface area contributed by atoms with Gasteiger partial charge in [0, 0.05) is 38.1 Å². The number of aromatic nitrogens is 2. The predicted molar refractivity (Wildman–Crippen MR) is 127 cm³/mol. The van der Waals surface area contributed by atoms with Gasteiger partial charge in [-0.25, -0.2) is 23.5 Å². The molecule has 0 spiro atoms. The van der Waals surface area contributed by atoms with Crippen LogP contribution in [0.3, 0.4) is 0 Å². The molecule has 2 N–H and O–H groups in total. The van der Waals surface area contributed by atoms with E-state index >= 15 is 0 Å². The Balaban J connectivity index is 1.30. The molecule has 190 valence electrons. The second-order valence-electron chi connectivity index (χ2n) is 9.32. The van der Waals surface area contributed by atoms with E-state index in [2.05, 4.69) is 9.97 Å². The quantitative estimate of drug-likeness (QED) is 0.634. The molecule has 3 unspecified atom stereocenters. The molecule has 2 saturated heterocycles. The maximum Gasteiger partial charge on any atom is 0.409 e. The first-order valence-corrected chi connectivity index (χ1v) is 12.2. The first-order valence-electron chi connectivity index (χ1n) is 12.2. The topological polar surface area (TPSA) is 93.8 Å². The Kier molecular flexibility index (Phi) is 8.00. The molecule has 0 aliphatic carbocycles. The van der Waals surface area contributed by atoms with Gasteiger partial charge >= 0.3 is 6.09 Å². The maximum atomic E-state index is 14.2. The van der Waals surface area contributed by atoms with Gasteiger partial charge in [-0.05, 0) is 55.9 Å². The zero-order chi connectivity index (χ0) is 24.9. The third-order valence-corrected chi connectivity index (χ3v) is 6.83. The maximum absolute atomic E-state index is 14.2. The molecule has 2 aliphatic heterocycles. The van der Waals surface area contributed by atoms with Crippen molar-refractivity contribution < 1.29 is 23.0 Å². The van der Waals surface area contributed by atoms with Gasteiger partial charge in [-0.2, -0.15) is 0 Å². The molecule has 1 aromatic heterocycles. The van der Waals surface area contributed by atoms with Gasteiger partial charge in [-0.15, -0.1) is 0 Å². The fourth-order valence-electron chi connectivity index (χ4n) is 4.80. The van der Waals surface area contributed by atoms with E-state index in [0.717, 1.165) is 31.4 Å². The van der Waals surface area contributed by atoms with Crippen molar-refractivity contribution in [1.29, 1.82) is 0 Å². The predicted octanol–water partition coefficient (Wildman–Crippen LogP) is 3.71. The smallest absolute Gasteiger partial charge is 0.409 e. The average Bonchev–Trinajstić information content (AvgIpc) is 3.25. The van der Waals surface area contributed by atoms with E-state index in [9.17, 15) is 13.6 Å². The van der Waals surface area contributed by atoms with Crippen LogP contribution in [0, 0.1) is 17.6 Å². The standard InChI is InChI=1S/C25H33F2N5O3/c1-3-10-34-25(33)31-8-6-17(7-9-31)16(2)35-19-12-29-24(30-13-19)32-14-21(23(28)15-32)20-11-18(26)4-5-22(20)27/h4-5,11-13,16-17,21,23H,3,6-10,14-15,28H2,1-2H3. The molecular weight excluding hydrogens is 456 g/mol. The second-order valence-corrected chi connectivity index (χ2v) is 9.32. The highest BCUT2D eigenvalue weighted by molar-refractivity contribution is 5.67. The van der Waals surface area contributed by atoms with Crippen LogP contribution in [0.15, 0.2) is 30.6 Å². The number of nitrogens with two attached hydrogens (primary N) is 1. The van der Waals surface area contributed by atoms with Crippen LogP contribution in [0.1, 0.15) is 44.6 Å². The van der Waals surface area contributed by atoms with E-state index in [1.54, 1.807) is 17.3 Å². The van der Waals surface area contributed by atoms with Crippen LogP contribution in [0.4, 0.5) is 19.5 Å². The fraction of sp³-hybridized carbons (Fsp3) is 0.560. The summed E-state index contributed by atoms with van der Waals surface area (Å²) < 4.78 is 39.2. The van der Waals surface area contributed by atoms with Gasteiger partial charge in [-0.1, -0.05) is 6.92 Å². The van der Waals surface area contributed by atoms with Crippen LogP contribution in [0.5, 0.6) is 5.75 Å². The summed E-state index contributed by atoms with van der Waals surface area (Å²) in [6.45, 7) is 6.58. The Bertz CT molecular complexity index is 1000. The number of carbonyl (C=O) groups is 1. The van der Waals surface area contributed by atoms with Crippen LogP contribution in [-0.4, -0.2) is 65.9 Å². The number of likely N-dealkylation sites (tertiary alicyclic amines) is 1. The minimum absolute atomic E-state index is 0.0567. The Hall–Kier alpha value is -3.01. The summed E-state index contributed by atoms with van der Waals surface area (Å²) in [6.07, 6.45) is 5.43. The Morgan fingerprint density at radius 3 is 2.60 bits per heavy atom. The molecule has 2 aliphatic rings. The largest absolute Gasteiger partial charge is 0.487 e. The summed E-state index contributed by atoms with van der Waals surface area (Å²) in [5.41, 5.74) is 6.52. The number of hydrogen-bond acceptors (Lipinski definition) is 7. The number of piperidine rings is 1. The van der Waals surface area contributed by atoms with Crippen molar-refractivity contribution in [2.75, 3.05) is 37.7 Å². The summed E-state index contributed by atoms with van der Waals surface area (Å²) in [5, 5.41) is 0. The summed E-state index contributed by atoms with van der Waals surface area (Å²) in [5.74, 6) is 0.0387. The van der Waals surface area contributed by atoms with E-state index in [-0.39, 0.29) is 29.7 Å². The summed E-state index contributed by atoms with van der Waals surface area (Å²) in [4.78, 5) is 24.5. The van der Waals surface area contributed by atoms with Gasteiger partial charge < -0.3 is 25.0 Å². The van der Waals surface area contributed by atoms with E-state index in [0.29, 0.717) is 50.4 Å². The Morgan fingerprint density at radius 1 is 1.20 bits per heavy atom. The van der Waals surface area contributed by atoms with Crippen LogP contribution in [-0.2, 0) is 4.74 Å². The molecule has 1 amide bonds. The lowest BCUT2D eigenvalue weighted by atomic mass is 9.92. The fourth-order valence-corrected chi connectivity index (χ4v) is 4.80. The molecular formula is C25H33F2N5O3. The lowest BCUT2D eigenvalue weighted by Gasteiger charge is -2.34. The molecule has 0 saturated carbocycles. The number of rotatable bonds is 7. The Labute approximate surface area is 204 Å². The van der Waals surface area contributed by atoms with Crippen molar-refractivity contribution in [2.24, 2.45) is 11.7 Å². The van der Waals surface area contributed by atoms with Crippen LogP contribution in [0.2, 0.25) is 0 Å². The highest BCUT2D eigenvalue weighted by Crippen LogP contribution is 2.31. The number of amides is 1. The van der Waals surface area contributed by atoms with Crippen molar-refractivity contribution >= 4 is 12.0 Å². The van der Waals surface area contributed by atoms with E-state index < -0.39 is 11.6 Å². The highest BCUT2D eigenvalue weighted by Gasteiger charge is 2.34. The monoisotopic (exact) mass is 489 g/mol. The molecule has 4 rings (SSSR count). The third-order valence-electron chi connectivity index (χ3n) is 6.83. The molecule has 0 radical (unpaired) electrons. The van der Waals surface area contributed by atoms with Crippen molar-refractivity contribution in [1.82, 2.24) is 14.9 Å². The molecule has 2 fully saturated rings. The van der Waals surface area contributed by atoms with Crippen LogP contribution < -0.4 is 15.4 Å². The molecule has 35 heavy (non-hydrogen) atoms. The van der Waals surface area contributed by atoms with E-state index in [1.165, 1.54) is 6.07 Å². The minimum atomic E-state index is -0.485. The molecule has 8 nitrogen and oxygen atoms in total. The number of hydrogen-bond donors (Lipinski definition) is 1. The van der Waals surface area contributed by atoms with Gasteiger partial charge in [0.15, 0.2) is 5.75 Å². The highest BCUT2D eigenvalue weighted by atomic mass is 19.1. The normalized spacial score (nSPS) is 21.7. The van der Waals surface area contributed by atoms with Crippen molar-refractivity contribution in [3.63, 3.8) is 0 Å². The Morgan fingerprint density at radius 2 is 1.91 bits per heavy atom. The zero-order valence-electron chi connectivity index (χ0n) is 20.2. The van der Waals surface area contributed by atoms with Gasteiger partial charge in [0.1, 0.15) is 11.6 Å². The second kappa shape index (κ2) is 11.2. The van der Waals surface area contributed by atoms with Gasteiger partial charge in [0.2, 0.25) is 5.95 Å². The number of anilines is 1. The lowest BCUT2D eigenvalue weighted by molar-refractivity contribution is 0.0636. The van der Waals surface area contributed by atoms with Crippen LogP contribution in [0.25, 0.3) is 0 Å². The number of benzene rings is 1. The molecule has 2 aromatic rings. The molecule has 0 bridgehead atoms.